The van der Waals surface area contributed by atoms with Crippen molar-refractivity contribution in [1.29, 1.82) is 0 Å². The van der Waals surface area contributed by atoms with E-state index in [1.165, 1.54) is 0 Å². The molecule has 0 spiro atoms. The molecule has 2 heterocycles. The number of nitrogens with zero attached hydrogens (tertiary/aromatic N) is 2. The highest BCUT2D eigenvalue weighted by Gasteiger charge is 2.21. The van der Waals surface area contributed by atoms with Crippen molar-refractivity contribution in [3.8, 4) is 22.4 Å². The second-order valence-electron chi connectivity index (χ2n) is 5.62. The normalized spacial score (nSPS) is 16.5. The third-order valence-electron chi connectivity index (χ3n) is 4.16. The molecule has 0 aliphatic heterocycles. The summed E-state index contributed by atoms with van der Waals surface area (Å²) in [5.41, 5.74) is 6.27. The molecule has 2 aromatic heterocycles. The lowest BCUT2D eigenvalue weighted by Crippen LogP contribution is -1.95. The fraction of sp³-hybridized carbons (Fsp3) is 0.158. The summed E-state index contributed by atoms with van der Waals surface area (Å²) >= 11 is 0. The monoisotopic (exact) mass is 288 g/mol. The average molecular weight is 288 g/mol. The first-order valence-corrected chi connectivity index (χ1v) is 7.50. The van der Waals surface area contributed by atoms with Crippen LogP contribution < -0.4 is 0 Å². The highest BCUT2D eigenvalue weighted by atomic mass is 16.3. The fourth-order valence-corrected chi connectivity index (χ4v) is 3.00. The molecular formula is C19H16N2O. The van der Waals surface area contributed by atoms with Gasteiger partial charge in [-0.25, -0.2) is 0 Å². The molecule has 1 aliphatic carbocycles. The van der Waals surface area contributed by atoms with E-state index in [1.54, 1.807) is 6.20 Å². The van der Waals surface area contributed by atoms with Gasteiger partial charge in [0.1, 0.15) is 0 Å². The number of pyridine rings is 2. The van der Waals surface area contributed by atoms with Crippen molar-refractivity contribution in [2.75, 3.05) is 0 Å². The van der Waals surface area contributed by atoms with Crippen LogP contribution in [0.5, 0.6) is 0 Å². The van der Waals surface area contributed by atoms with Gasteiger partial charge in [-0.2, -0.15) is 0 Å². The summed E-state index contributed by atoms with van der Waals surface area (Å²) in [4.78, 5) is 8.86. The molecule has 3 nitrogen and oxygen atoms in total. The van der Waals surface area contributed by atoms with Crippen LogP contribution in [0.2, 0.25) is 0 Å². The first kappa shape index (κ1) is 13.2. The van der Waals surface area contributed by atoms with E-state index in [0.29, 0.717) is 0 Å². The summed E-state index contributed by atoms with van der Waals surface area (Å²) in [6.07, 6.45) is 4.94. The van der Waals surface area contributed by atoms with E-state index in [-0.39, 0.29) is 0 Å². The lowest BCUT2D eigenvalue weighted by molar-refractivity contribution is 0.176. The van der Waals surface area contributed by atoms with Crippen LogP contribution in [0.4, 0.5) is 0 Å². The van der Waals surface area contributed by atoms with Crippen LogP contribution in [0.3, 0.4) is 0 Å². The average Bonchev–Trinajstić information content (AvgIpc) is 2.96. The Labute approximate surface area is 129 Å². The smallest absolute Gasteiger partial charge is 0.0965 e. The quantitative estimate of drug-likeness (QED) is 0.780. The number of aliphatic hydroxyl groups is 1. The molecule has 22 heavy (non-hydrogen) atoms. The number of hydrogen-bond donors (Lipinski definition) is 1. The first-order chi connectivity index (χ1) is 10.8. The summed E-state index contributed by atoms with van der Waals surface area (Å²) in [5, 5.41) is 9.86. The molecule has 0 bridgehead atoms. The van der Waals surface area contributed by atoms with Gasteiger partial charge in [-0.15, -0.1) is 0 Å². The predicted octanol–water partition coefficient (Wildman–Crippen LogP) is 3.79. The molecule has 1 aliphatic rings. The lowest BCUT2D eigenvalue weighted by atomic mass is 10.0. The van der Waals surface area contributed by atoms with Crippen LogP contribution in [0.1, 0.15) is 23.8 Å². The van der Waals surface area contributed by atoms with E-state index in [2.05, 4.69) is 34.2 Å². The lowest BCUT2D eigenvalue weighted by Gasteiger charge is -2.08. The Morgan fingerprint density at radius 2 is 1.82 bits per heavy atom. The van der Waals surface area contributed by atoms with Crippen LogP contribution >= 0.6 is 0 Å². The van der Waals surface area contributed by atoms with E-state index >= 15 is 0 Å². The Balaban J connectivity index is 1.75. The van der Waals surface area contributed by atoms with Gasteiger partial charge in [0.05, 0.1) is 17.5 Å². The molecular weight excluding hydrogens is 272 g/mol. The van der Waals surface area contributed by atoms with Gasteiger partial charge in [-0.1, -0.05) is 24.3 Å². The molecule has 1 unspecified atom stereocenters. The topological polar surface area (TPSA) is 46.0 Å². The van der Waals surface area contributed by atoms with Crippen LogP contribution in [-0.2, 0) is 6.42 Å². The summed E-state index contributed by atoms with van der Waals surface area (Å²) in [6, 6.07) is 16.4. The van der Waals surface area contributed by atoms with Gasteiger partial charge in [0.25, 0.3) is 0 Å². The zero-order valence-electron chi connectivity index (χ0n) is 12.1. The van der Waals surface area contributed by atoms with Crippen LogP contribution in [0.25, 0.3) is 22.4 Å². The maximum Gasteiger partial charge on any atom is 0.0965 e. The van der Waals surface area contributed by atoms with E-state index in [0.717, 1.165) is 46.5 Å². The van der Waals surface area contributed by atoms with Gasteiger partial charge in [0.2, 0.25) is 0 Å². The summed E-state index contributed by atoms with van der Waals surface area (Å²) in [6.45, 7) is 0. The Morgan fingerprint density at radius 3 is 2.68 bits per heavy atom. The van der Waals surface area contributed by atoms with Gasteiger partial charge in [0, 0.05) is 23.5 Å². The molecule has 1 N–H and O–H groups in total. The van der Waals surface area contributed by atoms with Gasteiger partial charge in [-0.3, -0.25) is 9.97 Å². The minimum atomic E-state index is -0.399. The number of hydrogen-bond acceptors (Lipinski definition) is 3. The molecule has 0 amide bonds. The Morgan fingerprint density at radius 1 is 0.909 bits per heavy atom. The van der Waals surface area contributed by atoms with Crippen LogP contribution in [0.15, 0.2) is 60.9 Å². The van der Waals surface area contributed by atoms with Crippen molar-refractivity contribution >= 4 is 0 Å². The zero-order chi connectivity index (χ0) is 14.9. The van der Waals surface area contributed by atoms with Crippen LogP contribution in [0, 0.1) is 0 Å². The van der Waals surface area contributed by atoms with E-state index in [4.69, 9.17) is 0 Å². The highest BCUT2D eigenvalue weighted by Crippen LogP contribution is 2.32. The Hall–Kier alpha value is -2.52. The standard InChI is InChI=1S/C19H16N2O/c22-18-8-7-15-11-16(12-21-19(15)18)13-4-3-5-14(10-13)17-6-1-2-9-20-17/h1-6,9-12,18,22H,7-8H2. The van der Waals surface area contributed by atoms with Crippen LogP contribution in [-0.4, -0.2) is 15.1 Å². The van der Waals surface area contributed by atoms with Crippen molar-refractivity contribution < 1.29 is 5.11 Å². The molecule has 1 aromatic carbocycles. The predicted molar refractivity (Wildman–Crippen MR) is 86.2 cm³/mol. The molecule has 0 saturated heterocycles. The number of aryl methyl sites for hydroxylation is 1. The second-order valence-corrected chi connectivity index (χ2v) is 5.62. The number of aliphatic hydroxyl groups excluding tert-OH is 1. The summed E-state index contributed by atoms with van der Waals surface area (Å²) in [7, 11) is 0. The van der Waals surface area contributed by atoms with Crippen molar-refractivity contribution in [2.24, 2.45) is 0 Å². The maximum atomic E-state index is 9.86. The third kappa shape index (κ3) is 2.30. The molecule has 108 valence electrons. The van der Waals surface area contributed by atoms with Gasteiger partial charge in [-0.05, 0) is 48.2 Å². The molecule has 0 fully saturated rings. The van der Waals surface area contributed by atoms with E-state index in [1.807, 2.05) is 30.5 Å². The summed E-state index contributed by atoms with van der Waals surface area (Å²) < 4.78 is 0. The van der Waals surface area contributed by atoms with Gasteiger partial charge in [0.15, 0.2) is 0 Å². The van der Waals surface area contributed by atoms with Crippen molar-refractivity contribution in [1.82, 2.24) is 9.97 Å². The van der Waals surface area contributed by atoms with Gasteiger partial charge >= 0.3 is 0 Å². The third-order valence-corrected chi connectivity index (χ3v) is 4.16. The van der Waals surface area contributed by atoms with Gasteiger partial charge < -0.3 is 5.11 Å². The molecule has 3 aromatic rings. The maximum absolute atomic E-state index is 9.86. The van der Waals surface area contributed by atoms with Crippen molar-refractivity contribution in [3.05, 3.63) is 72.2 Å². The molecule has 0 radical (unpaired) electrons. The minimum Gasteiger partial charge on any atom is -0.387 e. The van der Waals surface area contributed by atoms with Crippen molar-refractivity contribution in [2.45, 2.75) is 18.9 Å². The largest absolute Gasteiger partial charge is 0.387 e. The molecule has 1 atom stereocenters. The highest BCUT2D eigenvalue weighted by molar-refractivity contribution is 5.71. The molecule has 4 rings (SSSR count). The number of rotatable bonds is 2. The Bertz CT molecular complexity index is 815. The fourth-order valence-electron chi connectivity index (χ4n) is 3.00. The minimum absolute atomic E-state index is 0.399. The Kier molecular flexibility index (Phi) is 3.20. The number of benzene rings is 1. The second kappa shape index (κ2) is 5.35. The van der Waals surface area contributed by atoms with E-state index in [9.17, 15) is 5.11 Å². The number of fused-ring (bicyclic) bond motifs is 1. The summed E-state index contributed by atoms with van der Waals surface area (Å²) in [5.74, 6) is 0. The first-order valence-electron chi connectivity index (χ1n) is 7.50. The van der Waals surface area contributed by atoms with Crippen molar-refractivity contribution in [3.63, 3.8) is 0 Å². The zero-order valence-corrected chi connectivity index (χ0v) is 12.1. The SMILES string of the molecule is OC1CCc2cc(-c3cccc(-c4ccccn4)c3)cnc21. The molecule has 3 heteroatoms. The van der Waals surface area contributed by atoms with E-state index < -0.39 is 6.10 Å². The number of aromatic nitrogens is 2. The molecule has 0 saturated carbocycles.